The highest BCUT2D eigenvalue weighted by molar-refractivity contribution is 6.10. The molecule has 2 heterocycles. The molecule has 2 aromatic carbocycles. The van der Waals surface area contributed by atoms with Crippen LogP contribution < -0.4 is 16.6 Å². The van der Waals surface area contributed by atoms with Crippen molar-refractivity contribution in [3.05, 3.63) is 87.5 Å². The molecule has 1 aromatic heterocycles. The number of amides is 1. The molecule has 1 saturated heterocycles. The lowest BCUT2D eigenvalue weighted by Gasteiger charge is -2.32. The molecule has 0 atom stereocenters. The van der Waals surface area contributed by atoms with Crippen molar-refractivity contribution in [2.24, 2.45) is 5.73 Å². The van der Waals surface area contributed by atoms with Gasteiger partial charge in [-0.05, 0) is 59.7 Å². The number of rotatable bonds is 8. The summed E-state index contributed by atoms with van der Waals surface area (Å²) in [6.07, 6.45) is -4.00. The molecule has 0 radical (unpaired) electrons. The summed E-state index contributed by atoms with van der Waals surface area (Å²) in [7, 11) is 0. The molecule has 1 amide bonds. The number of allylic oxidation sites excluding steroid dienone is 2. The number of likely N-dealkylation sites (tertiary alicyclic amines) is 1. The molecule has 4 N–H and O–H groups in total. The van der Waals surface area contributed by atoms with Gasteiger partial charge in [0.05, 0.1) is 13.1 Å². The lowest BCUT2D eigenvalue weighted by molar-refractivity contribution is -0.0918. The summed E-state index contributed by atoms with van der Waals surface area (Å²) < 4.78 is 65.8. The number of halogens is 5. The van der Waals surface area contributed by atoms with Crippen LogP contribution in [0.4, 0.5) is 22.0 Å². The molecule has 7 nitrogen and oxygen atoms in total. The van der Waals surface area contributed by atoms with Crippen molar-refractivity contribution in [3.63, 3.8) is 0 Å². The molecule has 40 heavy (non-hydrogen) atoms. The van der Waals surface area contributed by atoms with Gasteiger partial charge in [0.2, 0.25) is 0 Å². The standard InChI is InChI=1S/C28H28F5N5O2/c29-24(30)16-37-9-7-21(8-10-37)36-26(39)20-3-1-2-17(12-20)15-38-11-6-19-13-18(4-5-22(19)27(38)40)23(14-34)25(35)28(31,32)33/h1-6,11-14,21,24,34H,7-10,15-16,35H2,(H,36,39)/b25-23+,34-14?. The van der Waals surface area contributed by atoms with Crippen LogP contribution >= 0.6 is 0 Å². The zero-order chi connectivity index (χ0) is 29.0. The highest BCUT2D eigenvalue weighted by atomic mass is 19.4. The van der Waals surface area contributed by atoms with E-state index in [1.165, 1.54) is 29.0 Å². The van der Waals surface area contributed by atoms with Gasteiger partial charge in [-0.15, -0.1) is 0 Å². The zero-order valence-electron chi connectivity index (χ0n) is 21.3. The second-order valence-corrected chi connectivity index (χ2v) is 9.66. The van der Waals surface area contributed by atoms with E-state index in [0.29, 0.717) is 48.7 Å². The van der Waals surface area contributed by atoms with Crippen molar-refractivity contribution in [1.82, 2.24) is 14.8 Å². The molecule has 0 unspecified atom stereocenters. The summed E-state index contributed by atoms with van der Waals surface area (Å²) in [6, 6.07) is 12.3. The average Bonchev–Trinajstić information content (AvgIpc) is 2.91. The first-order chi connectivity index (χ1) is 19.0. The molecule has 1 aliphatic heterocycles. The molecule has 212 valence electrons. The van der Waals surface area contributed by atoms with Gasteiger partial charge in [-0.25, -0.2) is 8.78 Å². The van der Waals surface area contributed by atoms with Gasteiger partial charge in [0.1, 0.15) is 5.70 Å². The predicted molar refractivity (Wildman–Crippen MR) is 143 cm³/mol. The molecule has 1 fully saturated rings. The quantitative estimate of drug-likeness (QED) is 0.280. The number of nitrogens with one attached hydrogen (secondary N) is 2. The number of pyridine rings is 1. The van der Waals surface area contributed by atoms with E-state index in [1.807, 2.05) is 0 Å². The maximum atomic E-state index is 13.1. The van der Waals surface area contributed by atoms with Gasteiger partial charge in [-0.2, -0.15) is 13.2 Å². The van der Waals surface area contributed by atoms with Gasteiger partial charge < -0.3 is 21.0 Å². The van der Waals surface area contributed by atoms with E-state index < -0.39 is 23.9 Å². The summed E-state index contributed by atoms with van der Waals surface area (Å²) in [4.78, 5) is 27.6. The summed E-state index contributed by atoms with van der Waals surface area (Å²) in [6.45, 7) is 0.843. The van der Waals surface area contributed by atoms with E-state index in [4.69, 9.17) is 11.1 Å². The van der Waals surface area contributed by atoms with Crippen LogP contribution in [0.25, 0.3) is 16.3 Å². The second kappa shape index (κ2) is 12.0. The summed E-state index contributed by atoms with van der Waals surface area (Å²) in [5, 5.41) is 11.0. The Bertz CT molecular complexity index is 1490. The van der Waals surface area contributed by atoms with Crippen LogP contribution in [-0.2, 0) is 6.54 Å². The number of aromatic nitrogens is 1. The minimum atomic E-state index is -4.80. The third kappa shape index (κ3) is 6.74. The highest BCUT2D eigenvalue weighted by Crippen LogP contribution is 2.29. The lowest BCUT2D eigenvalue weighted by Crippen LogP contribution is -2.45. The van der Waals surface area contributed by atoms with E-state index in [-0.39, 0.29) is 41.5 Å². The summed E-state index contributed by atoms with van der Waals surface area (Å²) in [5.41, 5.74) is 4.10. The molecule has 0 bridgehead atoms. The molecule has 3 aromatic rings. The van der Waals surface area contributed by atoms with Crippen molar-refractivity contribution in [1.29, 1.82) is 5.41 Å². The first kappa shape index (κ1) is 28.9. The van der Waals surface area contributed by atoms with E-state index in [1.54, 1.807) is 35.2 Å². The van der Waals surface area contributed by atoms with Crippen LogP contribution in [0.1, 0.15) is 34.3 Å². The van der Waals surface area contributed by atoms with Gasteiger partial charge in [0.15, 0.2) is 0 Å². The fourth-order valence-electron chi connectivity index (χ4n) is 4.78. The zero-order valence-corrected chi connectivity index (χ0v) is 21.3. The summed E-state index contributed by atoms with van der Waals surface area (Å²) in [5.74, 6) is -0.291. The van der Waals surface area contributed by atoms with E-state index in [0.717, 1.165) is 0 Å². The SMILES string of the molecule is N=C/C(=C(\N)C(F)(F)F)c1ccc2c(=O)n(Cc3cccc(C(=O)NC4CCN(CC(F)F)CC4)c3)ccc2c1. The minimum absolute atomic E-state index is 0.0629. The number of carbonyl (C=O) groups is 1. The van der Waals surface area contributed by atoms with Crippen molar-refractivity contribution in [2.75, 3.05) is 19.6 Å². The molecular formula is C28H28F5N5O2. The maximum Gasteiger partial charge on any atom is 0.431 e. The van der Waals surface area contributed by atoms with Crippen molar-refractivity contribution < 1.29 is 26.7 Å². The Hall–Kier alpha value is -4.06. The first-order valence-electron chi connectivity index (χ1n) is 12.6. The second-order valence-electron chi connectivity index (χ2n) is 9.66. The first-order valence-corrected chi connectivity index (χ1v) is 12.6. The van der Waals surface area contributed by atoms with Crippen LogP contribution in [0.15, 0.2) is 65.2 Å². The van der Waals surface area contributed by atoms with Crippen LogP contribution in [0.2, 0.25) is 0 Å². The maximum absolute atomic E-state index is 13.1. The van der Waals surface area contributed by atoms with Gasteiger partial charge in [0, 0.05) is 48.1 Å². The predicted octanol–water partition coefficient (Wildman–Crippen LogP) is 4.39. The molecule has 12 heteroatoms. The third-order valence-corrected chi connectivity index (χ3v) is 6.89. The molecule has 1 aliphatic rings. The Morgan fingerprint density at radius 2 is 1.82 bits per heavy atom. The number of benzene rings is 2. The molecule has 0 aliphatic carbocycles. The minimum Gasteiger partial charge on any atom is -0.394 e. The Kier molecular flexibility index (Phi) is 8.67. The smallest absolute Gasteiger partial charge is 0.394 e. The molecule has 0 saturated carbocycles. The van der Waals surface area contributed by atoms with Crippen molar-refractivity contribution >= 4 is 28.5 Å². The Morgan fingerprint density at radius 3 is 2.48 bits per heavy atom. The van der Waals surface area contributed by atoms with E-state index in [2.05, 4.69) is 5.32 Å². The molecule has 4 rings (SSSR count). The highest BCUT2D eigenvalue weighted by Gasteiger charge is 2.34. The van der Waals surface area contributed by atoms with Crippen LogP contribution in [0.5, 0.6) is 0 Å². The number of carbonyl (C=O) groups excluding carboxylic acids is 1. The Labute approximate surface area is 226 Å². The van der Waals surface area contributed by atoms with Gasteiger partial charge in [0.25, 0.3) is 17.9 Å². The lowest BCUT2D eigenvalue weighted by atomic mass is 10.0. The van der Waals surface area contributed by atoms with Crippen LogP contribution in [-0.4, -0.2) is 59.9 Å². The van der Waals surface area contributed by atoms with E-state index in [9.17, 15) is 31.5 Å². The van der Waals surface area contributed by atoms with Crippen molar-refractivity contribution in [2.45, 2.75) is 38.0 Å². The fraction of sp³-hybridized carbons (Fsp3) is 0.321. The number of alkyl halides is 5. The van der Waals surface area contributed by atoms with Gasteiger partial charge in [-0.1, -0.05) is 18.2 Å². The topological polar surface area (TPSA) is 104 Å². The summed E-state index contributed by atoms with van der Waals surface area (Å²) >= 11 is 0. The molecule has 0 spiro atoms. The van der Waals surface area contributed by atoms with Gasteiger partial charge >= 0.3 is 6.18 Å². The number of nitrogens with two attached hydrogens (primary N) is 1. The Morgan fingerprint density at radius 1 is 1.10 bits per heavy atom. The molecular weight excluding hydrogens is 533 g/mol. The number of piperidine rings is 1. The normalized spacial score (nSPS) is 15.8. The fourth-order valence-corrected chi connectivity index (χ4v) is 4.78. The number of hydrogen-bond donors (Lipinski definition) is 3. The van der Waals surface area contributed by atoms with E-state index >= 15 is 0 Å². The number of hydrogen-bond acceptors (Lipinski definition) is 5. The number of nitrogens with zero attached hydrogens (tertiary/aromatic N) is 2. The average molecular weight is 562 g/mol. The van der Waals surface area contributed by atoms with Crippen LogP contribution in [0, 0.1) is 5.41 Å². The number of fused-ring (bicyclic) bond motifs is 1. The van der Waals surface area contributed by atoms with Crippen LogP contribution in [0.3, 0.4) is 0 Å². The Balaban J connectivity index is 1.48. The largest absolute Gasteiger partial charge is 0.431 e. The van der Waals surface area contributed by atoms with Crippen molar-refractivity contribution in [3.8, 4) is 0 Å². The third-order valence-electron chi connectivity index (χ3n) is 6.89. The van der Waals surface area contributed by atoms with Gasteiger partial charge in [-0.3, -0.25) is 14.5 Å². The monoisotopic (exact) mass is 561 g/mol.